The number of aliphatic hydroxyl groups excluding tert-OH is 1. The van der Waals surface area contributed by atoms with Gasteiger partial charge in [-0.25, -0.2) is 0 Å². The number of carboxylic acids is 1. The van der Waals surface area contributed by atoms with Gasteiger partial charge in [0.25, 0.3) is 0 Å². The molecule has 4 nitrogen and oxygen atoms in total. The monoisotopic (exact) mass is 201 g/mol. The smallest absolute Gasteiger partial charge is 0.320 e. The van der Waals surface area contributed by atoms with Crippen molar-refractivity contribution in [3.05, 3.63) is 0 Å². The van der Waals surface area contributed by atoms with E-state index < -0.39 is 5.97 Å². The fourth-order valence-electron chi connectivity index (χ4n) is 2.16. The first kappa shape index (κ1) is 11.5. The quantitative estimate of drug-likeness (QED) is 0.691. The molecule has 1 aliphatic rings. The second kappa shape index (κ2) is 4.75. The fraction of sp³-hybridized carbons (Fsp3) is 0.900. The Morgan fingerprint density at radius 3 is 2.57 bits per heavy atom. The van der Waals surface area contributed by atoms with Crippen LogP contribution in [0.15, 0.2) is 0 Å². The highest BCUT2D eigenvalue weighted by atomic mass is 16.4. The zero-order chi connectivity index (χ0) is 10.7. The number of rotatable bonds is 4. The zero-order valence-corrected chi connectivity index (χ0v) is 8.81. The Morgan fingerprint density at radius 1 is 1.57 bits per heavy atom. The van der Waals surface area contributed by atoms with Crippen LogP contribution in [0.1, 0.15) is 20.3 Å². The molecule has 0 amide bonds. The van der Waals surface area contributed by atoms with E-state index >= 15 is 0 Å². The molecule has 14 heavy (non-hydrogen) atoms. The predicted molar refractivity (Wildman–Crippen MR) is 53.0 cm³/mol. The van der Waals surface area contributed by atoms with E-state index in [1.807, 2.05) is 11.8 Å². The Bertz CT molecular complexity index is 208. The lowest BCUT2D eigenvalue weighted by molar-refractivity contribution is -0.143. The molecule has 82 valence electrons. The third-order valence-electron chi connectivity index (χ3n) is 3.14. The molecule has 0 aliphatic carbocycles. The second-order valence-corrected chi connectivity index (χ2v) is 4.14. The molecule has 0 aromatic heterocycles. The molecule has 1 rings (SSSR count). The van der Waals surface area contributed by atoms with Crippen LogP contribution in [0, 0.1) is 11.8 Å². The molecular weight excluding hydrogens is 182 g/mol. The maximum Gasteiger partial charge on any atom is 0.320 e. The summed E-state index contributed by atoms with van der Waals surface area (Å²) in [6, 6.07) is -0.381. The Hall–Kier alpha value is -0.610. The Morgan fingerprint density at radius 2 is 2.21 bits per heavy atom. The zero-order valence-electron chi connectivity index (χ0n) is 8.81. The van der Waals surface area contributed by atoms with Gasteiger partial charge in [0, 0.05) is 19.7 Å². The molecule has 0 aromatic rings. The first-order chi connectivity index (χ1) is 6.60. The molecule has 2 N–H and O–H groups in total. The summed E-state index contributed by atoms with van der Waals surface area (Å²) in [4.78, 5) is 12.9. The van der Waals surface area contributed by atoms with Crippen LogP contribution in [0.3, 0.4) is 0 Å². The van der Waals surface area contributed by atoms with Crippen LogP contribution in [0.2, 0.25) is 0 Å². The van der Waals surface area contributed by atoms with Gasteiger partial charge in [0.1, 0.15) is 6.04 Å². The number of aliphatic carboxylic acids is 1. The summed E-state index contributed by atoms with van der Waals surface area (Å²) < 4.78 is 0. The van der Waals surface area contributed by atoms with Gasteiger partial charge < -0.3 is 10.2 Å². The Balaban J connectivity index is 2.58. The van der Waals surface area contributed by atoms with E-state index in [0.29, 0.717) is 18.9 Å². The summed E-state index contributed by atoms with van der Waals surface area (Å²) in [5.41, 5.74) is 0. The van der Waals surface area contributed by atoms with E-state index in [2.05, 4.69) is 6.92 Å². The summed E-state index contributed by atoms with van der Waals surface area (Å²) in [6.45, 7) is 5.61. The summed E-state index contributed by atoms with van der Waals surface area (Å²) in [6.07, 6.45) is 0.625. The van der Waals surface area contributed by atoms with Crippen LogP contribution in [-0.2, 0) is 4.79 Å². The Labute approximate surface area is 84.5 Å². The Kier molecular flexibility index (Phi) is 3.89. The van der Waals surface area contributed by atoms with Gasteiger partial charge >= 0.3 is 5.97 Å². The van der Waals surface area contributed by atoms with Gasteiger partial charge in [-0.2, -0.15) is 0 Å². The van der Waals surface area contributed by atoms with E-state index in [-0.39, 0.29) is 18.6 Å². The second-order valence-electron chi connectivity index (χ2n) is 4.14. The lowest BCUT2D eigenvalue weighted by Crippen LogP contribution is -2.39. The largest absolute Gasteiger partial charge is 0.480 e. The van der Waals surface area contributed by atoms with Crippen molar-refractivity contribution in [3.63, 3.8) is 0 Å². The van der Waals surface area contributed by atoms with Crippen LogP contribution in [-0.4, -0.2) is 46.8 Å². The standard InChI is InChI=1S/C10H19NO3/c1-3-9(10(13)14)11-4-7(2)8(5-11)6-12/h7-9,12H,3-6H2,1-2H3,(H,13,14)/t7-,8-,9-/m1/s1. The first-order valence-electron chi connectivity index (χ1n) is 5.17. The highest BCUT2D eigenvalue weighted by Crippen LogP contribution is 2.25. The number of nitrogens with zero attached hydrogens (tertiary/aromatic N) is 1. The normalized spacial score (nSPS) is 30.5. The minimum atomic E-state index is -0.752. The molecule has 0 bridgehead atoms. The number of hydrogen-bond acceptors (Lipinski definition) is 3. The molecule has 0 aromatic carbocycles. The average Bonchev–Trinajstić information content (AvgIpc) is 2.47. The fourth-order valence-corrected chi connectivity index (χ4v) is 2.16. The molecule has 0 saturated carbocycles. The molecular formula is C10H19NO3. The molecule has 1 heterocycles. The van der Waals surface area contributed by atoms with Crippen LogP contribution in [0.5, 0.6) is 0 Å². The van der Waals surface area contributed by atoms with Gasteiger partial charge in [0.05, 0.1) is 0 Å². The molecule has 0 unspecified atom stereocenters. The van der Waals surface area contributed by atoms with Gasteiger partial charge in [-0.1, -0.05) is 13.8 Å². The van der Waals surface area contributed by atoms with E-state index in [1.54, 1.807) is 0 Å². The molecule has 0 spiro atoms. The topological polar surface area (TPSA) is 60.8 Å². The highest BCUT2D eigenvalue weighted by Gasteiger charge is 2.35. The van der Waals surface area contributed by atoms with Gasteiger partial charge in [0.2, 0.25) is 0 Å². The lowest BCUT2D eigenvalue weighted by Gasteiger charge is -2.22. The lowest BCUT2D eigenvalue weighted by atomic mass is 10.00. The number of likely N-dealkylation sites (tertiary alicyclic amines) is 1. The van der Waals surface area contributed by atoms with E-state index in [9.17, 15) is 4.79 Å². The van der Waals surface area contributed by atoms with Gasteiger partial charge in [-0.15, -0.1) is 0 Å². The maximum atomic E-state index is 10.9. The van der Waals surface area contributed by atoms with Crippen molar-refractivity contribution >= 4 is 5.97 Å². The van der Waals surface area contributed by atoms with E-state index in [0.717, 1.165) is 6.54 Å². The first-order valence-corrected chi connectivity index (χ1v) is 5.17. The summed E-state index contributed by atoms with van der Waals surface area (Å²) >= 11 is 0. The number of aliphatic hydroxyl groups is 1. The highest BCUT2D eigenvalue weighted by molar-refractivity contribution is 5.73. The number of carboxylic acid groups (broad SMARTS) is 1. The van der Waals surface area contributed by atoms with Crippen molar-refractivity contribution in [3.8, 4) is 0 Å². The van der Waals surface area contributed by atoms with Crippen molar-refractivity contribution in [1.29, 1.82) is 0 Å². The minimum Gasteiger partial charge on any atom is -0.480 e. The van der Waals surface area contributed by atoms with Crippen molar-refractivity contribution in [2.75, 3.05) is 19.7 Å². The predicted octanol–water partition coefficient (Wildman–Crippen LogP) is 0.410. The number of carbonyl (C=O) groups is 1. The van der Waals surface area contributed by atoms with Gasteiger partial charge in [0.15, 0.2) is 0 Å². The van der Waals surface area contributed by atoms with Crippen molar-refractivity contribution < 1.29 is 15.0 Å². The molecule has 0 radical (unpaired) electrons. The van der Waals surface area contributed by atoms with Crippen molar-refractivity contribution in [1.82, 2.24) is 4.90 Å². The van der Waals surface area contributed by atoms with Crippen molar-refractivity contribution in [2.45, 2.75) is 26.3 Å². The van der Waals surface area contributed by atoms with E-state index in [1.165, 1.54) is 0 Å². The molecule has 3 atom stereocenters. The average molecular weight is 201 g/mol. The van der Waals surface area contributed by atoms with Gasteiger partial charge in [-0.05, 0) is 18.3 Å². The number of hydrogen-bond donors (Lipinski definition) is 2. The van der Waals surface area contributed by atoms with Gasteiger partial charge in [-0.3, -0.25) is 9.69 Å². The van der Waals surface area contributed by atoms with Crippen LogP contribution < -0.4 is 0 Å². The third-order valence-corrected chi connectivity index (χ3v) is 3.14. The SMILES string of the molecule is CC[C@H](C(=O)O)N1C[C@H](CO)[C@H](C)C1. The summed E-state index contributed by atoms with van der Waals surface area (Å²) in [5, 5.41) is 18.0. The summed E-state index contributed by atoms with van der Waals surface area (Å²) in [5.74, 6) is -0.116. The molecule has 1 saturated heterocycles. The maximum absolute atomic E-state index is 10.9. The molecule has 1 fully saturated rings. The van der Waals surface area contributed by atoms with Crippen LogP contribution >= 0.6 is 0 Å². The van der Waals surface area contributed by atoms with Crippen molar-refractivity contribution in [2.24, 2.45) is 11.8 Å². The van der Waals surface area contributed by atoms with E-state index in [4.69, 9.17) is 10.2 Å². The molecule has 4 heteroatoms. The minimum absolute atomic E-state index is 0.160. The summed E-state index contributed by atoms with van der Waals surface area (Å²) in [7, 11) is 0. The van der Waals surface area contributed by atoms with Crippen LogP contribution in [0.4, 0.5) is 0 Å². The third kappa shape index (κ3) is 2.25. The molecule has 1 aliphatic heterocycles. The van der Waals surface area contributed by atoms with Crippen LogP contribution in [0.25, 0.3) is 0 Å².